The van der Waals surface area contributed by atoms with Gasteiger partial charge in [0.1, 0.15) is 12.2 Å². The predicted octanol–water partition coefficient (Wildman–Crippen LogP) is 4.42. The molecular weight excluding hydrogens is 284 g/mol. The number of hydrogen-bond acceptors (Lipinski definition) is 7. The molecule has 0 rings (SSSR count). The zero-order valence-corrected chi connectivity index (χ0v) is 15.1. The Hall–Kier alpha value is -1.53. The molecule has 0 saturated heterocycles. The van der Waals surface area contributed by atoms with E-state index < -0.39 is 6.16 Å². The summed E-state index contributed by atoms with van der Waals surface area (Å²) >= 11 is 0. The SMILES string of the molecule is CC(CN=NC(C)(C)C)OC(=O)OC(C)CN=NC(C)(C)C. The smallest absolute Gasteiger partial charge is 0.429 e. The number of azo groups is 2. The molecule has 0 spiro atoms. The maximum atomic E-state index is 11.6. The molecule has 0 heterocycles. The summed E-state index contributed by atoms with van der Waals surface area (Å²) < 4.78 is 10.2. The number of carbonyl (C=O) groups is 1. The van der Waals surface area contributed by atoms with Crippen molar-refractivity contribution >= 4 is 6.16 Å². The van der Waals surface area contributed by atoms with Crippen LogP contribution in [0.25, 0.3) is 0 Å². The number of hydrogen-bond donors (Lipinski definition) is 0. The fourth-order valence-electron chi connectivity index (χ4n) is 1.17. The van der Waals surface area contributed by atoms with E-state index in [0.29, 0.717) is 13.1 Å². The lowest BCUT2D eigenvalue weighted by atomic mass is 10.1. The van der Waals surface area contributed by atoms with E-state index in [2.05, 4.69) is 20.5 Å². The molecule has 0 saturated carbocycles. The Morgan fingerprint density at radius 2 is 1.14 bits per heavy atom. The van der Waals surface area contributed by atoms with Crippen LogP contribution in [0, 0.1) is 0 Å². The van der Waals surface area contributed by atoms with E-state index in [1.807, 2.05) is 41.5 Å². The first kappa shape index (κ1) is 20.5. The summed E-state index contributed by atoms with van der Waals surface area (Å²) in [7, 11) is 0. The van der Waals surface area contributed by atoms with Crippen LogP contribution >= 0.6 is 0 Å². The second-order valence-electron chi connectivity index (χ2n) is 7.30. The minimum absolute atomic E-state index is 0.229. The van der Waals surface area contributed by atoms with Crippen LogP contribution in [0.1, 0.15) is 55.4 Å². The van der Waals surface area contributed by atoms with Crippen molar-refractivity contribution in [2.24, 2.45) is 20.5 Å². The van der Waals surface area contributed by atoms with Gasteiger partial charge in [0, 0.05) is 0 Å². The van der Waals surface area contributed by atoms with Gasteiger partial charge in [-0.15, -0.1) is 0 Å². The van der Waals surface area contributed by atoms with E-state index in [9.17, 15) is 4.79 Å². The highest BCUT2D eigenvalue weighted by Gasteiger charge is 2.15. The van der Waals surface area contributed by atoms with Crippen molar-refractivity contribution in [1.29, 1.82) is 0 Å². The third-order valence-electron chi connectivity index (χ3n) is 2.01. The molecule has 7 nitrogen and oxygen atoms in total. The van der Waals surface area contributed by atoms with Crippen LogP contribution in [0.5, 0.6) is 0 Å². The van der Waals surface area contributed by atoms with Crippen molar-refractivity contribution < 1.29 is 14.3 Å². The normalized spacial score (nSPS) is 16.0. The second kappa shape index (κ2) is 8.80. The Labute approximate surface area is 133 Å². The van der Waals surface area contributed by atoms with Crippen molar-refractivity contribution in [3.05, 3.63) is 0 Å². The van der Waals surface area contributed by atoms with Crippen LogP contribution in [0.3, 0.4) is 0 Å². The van der Waals surface area contributed by atoms with Gasteiger partial charge in [0.15, 0.2) is 0 Å². The first-order chi connectivity index (χ1) is 9.89. The lowest BCUT2D eigenvalue weighted by Crippen LogP contribution is -2.24. The zero-order chi connectivity index (χ0) is 17.4. The molecule has 0 aliphatic carbocycles. The maximum Gasteiger partial charge on any atom is 0.508 e. The molecule has 2 unspecified atom stereocenters. The van der Waals surface area contributed by atoms with E-state index in [-0.39, 0.29) is 23.3 Å². The van der Waals surface area contributed by atoms with Crippen molar-refractivity contribution in [3.8, 4) is 0 Å². The Bertz CT molecular complexity index is 359. The summed E-state index contributed by atoms with van der Waals surface area (Å²) in [5.74, 6) is 0. The molecule has 0 N–H and O–H groups in total. The monoisotopic (exact) mass is 314 g/mol. The van der Waals surface area contributed by atoms with Crippen LogP contribution in [0.4, 0.5) is 4.79 Å². The highest BCUT2D eigenvalue weighted by atomic mass is 16.7. The fraction of sp³-hybridized carbons (Fsp3) is 0.933. The van der Waals surface area contributed by atoms with Crippen molar-refractivity contribution in [1.82, 2.24) is 0 Å². The van der Waals surface area contributed by atoms with Gasteiger partial charge in [0.2, 0.25) is 0 Å². The summed E-state index contributed by atoms with van der Waals surface area (Å²) in [5.41, 5.74) is -0.459. The Kier molecular flexibility index (Phi) is 8.19. The molecule has 2 atom stereocenters. The average Bonchev–Trinajstić information content (AvgIpc) is 2.24. The van der Waals surface area contributed by atoms with Gasteiger partial charge in [-0.2, -0.15) is 20.5 Å². The van der Waals surface area contributed by atoms with Crippen LogP contribution in [0.2, 0.25) is 0 Å². The fourth-order valence-corrected chi connectivity index (χ4v) is 1.17. The third-order valence-corrected chi connectivity index (χ3v) is 2.01. The first-order valence-corrected chi connectivity index (χ1v) is 7.53. The van der Waals surface area contributed by atoms with Gasteiger partial charge in [0.05, 0.1) is 24.2 Å². The molecule has 0 fully saturated rings. The highest BCUT2D eigenvalue weighted by Crippen LogP contribution is 2.09. The van der Waals surface area contributed by atoms with Gasteiger partial charge in [-0.3, -0.25) is 0 Å². The van der Waals surface area contributed by atoms with Crippen LogP contribution in [-0.4, -0.2) is 42.5 Å². The zero-order valence-electron chi connectivity index (χ0n) is 15.1. The summed E-state index contributed by atoms with van der Waals surface area (Å²) in [5, 5.41) is 16.2. The molecular formula is C15H30N4O3. The van der Waals surface area contributed by atoms with E-state index >= 15 is 0 Å². The number of rotatable bonds is 6. The molecule has 0 aliphatic rings. The van der Waals surface area contributed by atoms with Crippen LogP contribution < -0.4 is 0 Å². The molecule has 22 heavy (non-hydrogen) atoms. The van der Waals surface area contributed by atoms with Gasteiger partial charge in [-0.25, -0.2) is 4.79 Å². The van der Waals surface area contributed by atoms with Gasteiger partial charge in [-0.1, -0.05) is 0 Å². The maximum absolute atomic E-state index is 11.6. The van der Waals surface area contributed by atoms with E-state index in [1.165, 1.54) is 0 Å². The number of carbonyl (C=O) groups excluding carboxylic acids is 1. The summed E-state index contributed by atoms with van der Waals surface area (Å²) in [6.07, 6.45) is -1.50. The van der Waals surface area contributed by atoms with Crippen molar-refractivity contribution in [2.75, 3.05) is 13.1 Å². The summed E-state index contributed by atoms with van der Waals surface area (Å²) in [4.78, 5) is 11.6. The Balaban J connectivity index is 4.07. The van der Waals surface area contributed by atoms with Crippen LogP contribution in [0.15, 0.2) is 20.5 Å². The van der Waals surface area contributed by atoms with E-state index in [1.54, 1.807) is 13.8 Å². The largest absolute Gasteiger partial charge is 0.508 e. The molecule has 128 valence electrons. The molecule has 0 bridgehead atoms. The first-order valence-electron chi connectivity index (χ1n) is 7.53. The average molecular weight is 314 g/mol. The second-order valence-corrected chi connectivity index (χ2v) is 7.30. The quantitative estimate of drug-likeness (QED) is 0.537. The van der Waals surface area contributed by atoms with Gasteiger partial charge >= 0.3 is 6.16 Å². The lowest BCUT2D eigenvalue weighted by Gasteiger charge is -2.15. The van der Waals surface area contributed by atoms with E-state index in [0.717, 1.165) is 0 Å². The lowest BCUT2D eigenvalue weighted by molar-refractivity contribution is 0.0114. The van der Waals surface area contributed by atoms with E-state index in [4.69, 9.17) is 9.47 Å². The Morgan fingerprint density at radius 3 is 1.41 bits per heavy atom. The standard InChI is InChI=1S/C15H30N4O3/c1-11(9-16-18-14(3,4)5)21-13(20)22-12(2)10-17-19-15(6,7)8/h11-12H,9-10H2,1-8H3. The van der Waals surface area contributed by atoms with Gasteiger partial charge < -0.3 is 9.47 Å². The molecule has 0 radical (unpaired) electrons. The molecule has 7 heteroatoms. The molecule has 0 aromatic carbocycles. The van der Waals surface area contributed by atoms with Crippen LogP contribution in [-0.2, 0) is 9.47 Å². The highest BCUT2D eigenvalue weighted by molar-refractivity contribution is 5.60. The van der Waals surface area contributed by atoms with Gasteiger partial charge in [-0.05, 0) is 55.4 Å². The number of ether oxygens (including phenoxy) is 2. The number of nitrogens with zero attached hydrogens (tertiary/aromatic N) is 4. The van der Waals surface area contributed by atoms with Crippen molar-refractivity contribution in [2.45, 2.75) is 78.7 Å². The minimum Gasteiger partial charge on any atom is -0.429 e. The summed E-state index contributed by atoms with van der Waals surface area (Å²) in [6, 6.07) is 0. The molecule has 0 aromatic heterocycles. The summed E-state index contributed by atoms with van der Waals surface area (Å²) in [6.45, 7) is 15.8. The van der Waals surface area contributed by atoms with Crippen molar-refractivity contribution in [3.63, 3.8) is 0 Å². The molecule has 0 aromatic rings. The molecule has 0 amide bonds. The van der Waals surface area contributed by atoms with Gasteiger partial charge in [0.25, 0.3) is 0 Å². The Morgan fingerprint density at radius 1 is 0.818 bits per heavy atom. The topological polar surface area (TPSA) is 85.0 Å². The third kappa shape index (κ3) is 13.5. The molecule has 0 aliphatic heterocycles. The minimum atomic E-state index is -0.725. The predicted molar refractivity (Wildman–Crippen MR) is 85.4 cm³/mol.